The number of nitrogens with one attached hydrogen (secondary N) is 1. The molecule has 1 aromatic carbocycles. The third-order valence-electron chi connectivity index (χ3n) is 3.74. The number of rotatable bonds is 1. The summed E-state index contributed by atoms with van der Waals surface area (Å²) in [5, 5.41) is 12.1. The average molecular weight is 250 g/mol. The first kappa shape index (κ1) is 10.6. The average Bonchev–Trinajstić information content (AvgIpc) is 3.01. The van der Waals surface area contributed by atoms with E-state index in [4.69, 9.17) is 0 Å². The maximum Gasteiger partial charge on any atom is 0.161 e. The van der Waals surface area contributed by atoms with Crippen molar-refractivity contribution < 1.29 is 0 Å². The predicted octanol–water partition coefficient (Wildman–Crippen LogP) is 2.60. The van der Waals surface area contributed by atoms with Crippen molar-refractivity contribution in [3.05, 3.63) is 59.5 Å². The van der Waals surface area contributed by atoms with Crippen LogP contribution in [0.25, 0.3) is 5.65 Å². The molecular formula is C15H14N4. The molecule has 3 aromatic rings. The Labute approximate surface area is 111 Å². The second-order valence-corrected chi connectivity index (χ2v) is 5.01. The number of para-hydroxylation sites is 1. The van der Waals surface area contributed by atoms with Crippen LogP contribution in [-0.2, 0) is 0 Å². The van der Waals surface area contributed by atoms with Gasteiger partial charge in [-0.1, -0.05) is 18.2 Å². The molecule has 1 N–H and O–H groups in total. The van der Waals surface area contributed by atoms with E-state index in [2.05, 4.69) is 69.4 Å². The minimum atomic E-state index is 0.272. The predicted molar refractivity (Wildman–Crippen MR) is 74.5 cm³/mol. The lowest BCUT2D eigenvalue weighted by Crippen LogP contribution is -2.08. The van der Waals surface area contributed by atoms with Gasteiger partial charge in [0.1, 0.15) is 5.82 Å². The number of hydrogen-bond donors (Lipinski definition) is 1. The maximum absolute atomic E-state index is 4.39. The molecule has 1 aliphatic rings. The molecule has 19 heavy (non-hydrogen) atoms. The van der Waals surface area contributed by atoms with Crippen LogP contribution in [0, 0.1) is 6.92 Å². The molecule has 0 spiro atoms. The molecule has 1 unspecified atom stereocenters. The molecule has 1 aliphatic heterocycles. The molecule has 1 atom stereocenters. The van der Waals surface area contributed by atoms with Gasteiger partial charge >= 0.3 is 0 Å². The summed E-state index contributed by atoms with van der Waals surface area (Å²) in [5.41, 5.74) is 4.63. The summed E-state index contributed by atoms with van der Waals surface area (Å²) in [5.74, 6) is 1.28. The molecule has 0 fully saturated rings. The summed E-state index contributed by atoms with van der Waals surface area (Å²) < 4.78 is 2.08. The second kappa shape index (κ2) is 3.82. The highest BCUT2D eigenvalue weighted by Gasteiger charge is 2.27. The van der Waals surface area contributed by atoms with Crippen LogP contribution in [0.3, 0.4) is 0 Å². The Morgan fingerprint density at radius 2 is 2.11 bits per heavy atom. The molecule has 0 aliphatic carbocycles. The Bertz CT molecular complexity index is 760. The summed E-state index contributed by atoms with van der Waals surface area (Å²) in [6, 6.07) is 12.6. The number of nitrogens with zero attached hydrogens (tertiary/aromatic N) is 3. The van der Waals surface area contributed by atoms with Crippen LogP contribution in [0.1, 0.15) is 22.9 Å². The van der Waals surface area contributed by atoms with E-state index in [1.165, 1.54) is 16.8 Å². The lowest BCUT2D eigenvalue weighted by Gasteiger charge is -2.08. The number of pyridine rings is 1. The van der Waals surface area contributed by atoms with Crippen LogP contribution >= 0.6 is 0 Å². The summed E-state index contributed by atoms with van der Waals surface area (Å²) >= 11 is 0. The molecule has 4 rings (SSSR count). The number of anilines is 1. The zero-order valence-corrected chi connectivity index (χ0v) is 10.7. The summed E-state index contributed by atoms with van der Waals surface area (Å²) in [6.45, 7) is 2.95. The molecule has 0 bridgehead atoms. The zero-order valence-electron chi connectivity index (χ0n) is 10.7. The number of benzene rings is 1. The number of aryl methyl sites for hydroxylation is 1. The SMILES string of the molecule is Cc1ccn2c(C3CNc4ccccc43)nnc2c1. The van der Waals surface area contributed by atoms with E-state index >= 15 is 0 Å². The van der Waals surface area contributed by atoms with E-state index in [1.54, 1.807) is 0 Å². The van der Waals surface area contributed by atoms with E-state index < -0.39 is 0 Å². The third kappa shape index (κ3) is 1.53. The fourth-order valence-electron chi connectivity index (χ4n) is 2.76. The van der Waals surface area contributed by atoms with Gasteiger partial charge in [-0.15, -0.1) is 10.2 Å². The van der Waals surface area contributed by atoms with Crippen molar-refractivity contribution in [3.8, 4) is 0 Å². The van der Waals surface area contributed by atoms with Gasteiger partial charge in [-0.2, -0.15) is 0 Å². The Kier molecular flexibility index (Phi) is 2.12. The van der Waals surface area contributed by atoms with Crippen molar-refractivity contribution in [2.24, 2.45) is 0 Å². The molecule has 2 aromatic heterocycles. The molecule has 0 radical (unpaired) electrons. The van der Waals surface area contributed by atoms with Gasteiger partial charge in [0.05, 0.1) is 5.92 Å². The monoisotopic (exact) mass is 250 g/mol. The van der Waals surface area contributed by atoms with Crippen LogP contribution < -0.4 is 5.32 Å². The van der Waals surface area contributed by atoms with E-state index in [0.717, 1.165) is 18.0 Å². The first-order valence-corrected chi connectivity index (χ1v) is 6.47. The van der Waals surface area contributed by atoms with Crippen molar-refractivity contribution in [2.75, 3.05) is 11.9 Å². The van der Waals surface area contributed by atoms with Crippen LogP contribution in [0.15, 0.2) is 42.6 Å². The van der Waals surface area contributed by atoms with Gasteiger partial charge in [0, 0.05) is 18.4 Å². The van der Waals surface area contributed by atoms with Crippen molar-refractivity contribution in [1.29, 1.82) is 0 Å². The number of fused-ring (bicyclic) bond motifs is 2. The normalized spacial score (nSPS) is 17.4. The lowest BCUT2D eigenvalue weighted by molar-refractivity contribution is 0.791. The van der Waals surface area contributed by atoms with Gasteiger partial charge in [0.15, 0.2) is 5.65 Å². The Morgan fingerprint density at radius 3 is 3.05 bits per heavy atom. The second-order valence-electron chi connectivity index (χ2n) is 5.01. The van der Waals surface area contributed by atoms with E-state index in [9.17, 15) is 0 Å². The fourth-order valence-corrected chi connectivity index (χ4v) is 2.76. The van der Waals surface area contributed by atoms with Gasteiger partial charge in [-0.25, -0.2) is 0 Å². The van der Waals surface area contributed by atoms with Crippen molar-refractivity contribution in [3.63, 3.8) is 0 Å². The molecule has 0 amide bonds. The van der Waals surface area contributed by atoms with Gasteiger partial charge in [-0.3, -0.25) is 4.40 Å². The summed E-state index contributed by atoms with van der Waals surface area (Å²) in [4.78, 5) is 0. The van der Waals surface area contributed by atoms with Crippen molar-refractivity contribution >= 4 is 11.3 Å². The molecule has 4 nitrogen and oxygen atoms in total. The third-order valence-corrected chi connectivity index (χ3v) is 3.74. The lowest BCUT2D eigenvalue weighted by atomic mass is 10.0. The highest BCUT2D eigenvalue weighted by atomic mass is 15.3. The van der Waals surface area contributed by atoms with E-state index in [-0.39, 0.29) is 5.92 Å². The molecular weight excluding hydrogens is 236 g/mol. The quantitative estimate of drug-likeness (QED) is 0.722. The highest BCUT2D eigenvalue weighted by Crippen LogP contribution is 2.34. The van der Waals surface area contributed by atoms with Gasteiger partial charge in [-0.05, 0) is 36.2 Å². The van der Waals surface area contributed by atoms with Crippen LogP contribution in [0.2, 0.25) is 0 Å². The minimum Gasteiger partial charge on any atom is -0.384 e. The standard InChI is InChI=1S/C15H14N4/c1-10-6-7-19-14(8-10)17-18-15(19)12-9-16-13-5-3-2-4-11(12)13/h2-8,12,16H,9H2,1H3. The first-order chi connectivity index (χ1) is 9.33. The van der Waals surface area contributed by atoms with Gasteiger partial charge < -0.3 is 5.32 Å². The Hall–Kier alpha value is -2.36. The van der Waals surface area contributed by atoms with Gasteiger partial charge in [0.25, 0.3) is 0 Å². The first-order valence-electron chi connectivity index (χ1n) is 6.47. The van der Waals surface area contributed by atoms with Crippen LogP contribution in [0.4, 0.5) is 5.69 Å². The highest BCUT2D eigenvalue weighted by molar-refractivity contribution is 5.60. The van der Waals surface area contributed by atoms with Crippen molar-refractivity contribution in [1.82, 2.24) is 14.6 Å². The Balaban J connectivity index is 1.88. The number of aromatic nitrogens is 3. The van der Waals surface area contributed by atoms with Crippen LogP contribution in [-0.4, -0.2) is 21.1 Å². The molecule has 0 saturated heterocycles. The van der Waals surface area contributed by atoms with Gasteiger partial charge in [0.2, 0.25) is 0 Å². The topological polar surface area (TPSA) is 42.2 Å². The molecule has 4 heteroatoms. The minimum absolute atomic E-state index is 0.272. The smallest absolute Gasteiger partial charge is 0.161 e. The summed E-state index contributed by atoms with van der Waals surface area (Å²) in [6.07, 6.45) is 2.06. The van der Waals surface area contributed by atoms with Crippen molar-refractivity contribution in [2.45, 2.75) is 12.8 Å². The fraction of sp³-hybridized carbons (Fsp3) is 0.200. The van der Waals surface area contributed by atoms with E-state index in [0.29, 0.717) is 0 Å². The zero-order chi connectivity index (χ0) is 12.8. The van der Waals surface area contributed by atoms with E-state index in [1.807, 2.05) is 0 Å². The summed E-state index contributed by atoms with van der Waals surface area (Å²) in [7, 11) is 0. The van der Waals surface area contributed by atoms with Crippen LogP contribution in [0.5, 0.6) is 0 Å². The number of hydrogen-bond acceptors (Lipinski definition) is 3. The molecule has 0 saturated carbocycles. The largest absolute Gasteiger partial charge is 0.384 e. The molecule has 94 valence electrons. The Morgan fingerprint density at radius 1 is 1.21 bits per heavy atom. The molecule has 3 heterocycles. The maximum atomic E-state index is 4.39.